The average Bonchev–Trinajstić information content (AvgIpc) is 2.92. The third kappa shape index (κ3) is 2.18. The molecule has 1 aromatic carbocycles. The largest absolute Gasteiger partial charge is 0.492 e. The molecule has 2 unspecified atom stereocenters. The molecule has 0 aromatic heterocycles. The van der Waals surface area contributed by atoms with E-state index in [-0.39, 0.29) is 23.7 Å². The molecular weight excluding hydrogens is 256 g/mol. The van der Waals surface area contributed by atoms with Crippen LogP contribution < -0.4 is 15.4 Å². The molecule has 2 atom stereocenters. The van der Waals surface area contributed by atoms with Gasteiger partial charge in [0.1, 0.15) is 12.4 Å². The average molecular weight is 274 g/mol. The minimum atomic E-state index is -0.0561. The Balaban J connectivity index is 1.81. The van der Waals surface area contributed by atoms with E-state index < -0.39 is 0 Å². The number of nitrogens with two attached hydrogens (primary N) is 1. The molecule has 106 valence electrons. The molecule has 3 rings (SSSR count). The van der Waals surface area contributed by atoms with Gasteiger partial charge >= 0.3 is 0 Å². The first-order valence-electron chi connectivity index (χ1n) is 7.01. The Hall–Kier alpha value is -1.88. The molecule has 2 N–H and O–H groups in total. The fourth-order valence-corrected chi connectivity index (χ4v) is 3.03. The van der Waals surface area contributed by atoms with Crippen molar-refractivity contribution in [3.05, 3.63) is 24.3 Å². The number of imide groups is 1. The molecule has 1 saturated carbocycles. The third-order valence-electron chi connectivity index (χ3n) is 4.05. The number of carbonyl (C=O) groups is 2. The molecule has 2 bridgehead atoms. The van der Waals surface area contributed by atoms with Crippen molar-refractivity contribution in [2.24, 2.45) is 17.6 Å². The lowest BCUT2D eigenvalue weighted by Crippen LogP contribution is -2.46. The first kappa shape index (κ1) is 13.1. The van der Waals surface area contributed by atoms with Crippen LogP contribution in [-0.4, -0.2) is 25.0 Å². The molecule has 20 heavy (non-hydrogen) atoms. The van der Waals surface area contributed by atoms with E-state index in [1.807, 2.05) is 0 Å². The number of hydrogen-bond donors (Lipinski definition) is 1. The highest BCUT2D eigenvalue weighted by atomic mass is 16.5. The van der Waals surface area contributed by atoms with Gasteiger partial charge < -0.3 is 10.5 Å². The SMILES string of the molecule is NCCOc1ccc(N2C(=O)C3CCC(C3)C2=O)cc1. The molecule has 5 heteroatoms. The summed E-state index contributed by atoms with van der Waals surface area (Å²) in [6.45, 7) is 0.902. The van der Waals surface area contributed by atoms with Crippen LogP contribution in [0.2, 0.25) is 0 Å². The zero-order chi connectivity index (χ0) is 14.1. The molecule has 2 aliphatic rings. The molecule has 1 aromatic rings. The first-order chi connectivity index (χ1) is 9.70. The van der Waals surface area contributed by atoms with E-state index in [1.54, 1.807) is 24.3 Å². The summed E-state index contributed by atoms with van der Waals surface area (Å²) in [7, 11) is 0. The normalized spacial score (nSPS) is 25.1. The third-order valence-corrected chi connectivity index (χ3v) is 4.05. The maximum atomic E-state index is 12.3. The Morgan fingerprint density at radius 3 is 2.25 bits per heavy atom. The van der Waals surface area contributed by atoms with Gasteiger partial charge in [-0.15, -0.1) is 0 Å². The summed E-state index contributed by atoms with van der Waals surface area (Å²) in [6, 6.07) is 7.04. The number of anilines is 1. The van der Waals surface area contributed by atoms with Crippen molar-refractivity contribution in [3.63, 3.8) is 0 Å². The van der Waals surface area contributed by atoms with Gasteiger partial charge in [0.15, 0.2) is 0 Å². The van der Waals surface area contributed by atoms with Crippen molar-refractivity contribution in [1.82, 2.24) is 0 Å². The van der Waals surface area contributed by atoms with E-state index in [1.165, 1.54) is 4.90 Å². The van der Waals surface area contributed by atoms with Crippen molar-refractivity contribution in [1.29, 1.82) is 0 Å². The van der Waals surface area contributed by atoms with E-state index in [2.05, 4.69) is 0 Å². The van der Waals surface area contributed by atoms with Gasteiger partial charge in [0.05, 0.1) is 5.69 Å². The van der Waals surface area contributed by atoms with Gasteiger partial charge in [-0.2, -0.15) is 0 Å². The van der Waals surface area contributed by atoms with Gasteiger partial charge in [-0.25, -0.2) is 0 Å². The lowest BCUT2D eigenvalue weighted by molar-refractivity contribution is -0.132. The van der Waals surface area contributed by atoms with Crippen molar-refractivity contribution < 1.29 is 14.3 Å². The van der Waals surface area contributed by atoms with Crippen LogP contribution in [0.25, 0.3) is 0 Å². The highest BCUT2D eigenvalue weighted by Crippen LogP contribution is 2.40. The number of amides is 2. The predicted octanol–water partition coefficient (Wildman–Crippen LogP) is 1.31. The number of piperidine rings is 1. The standard InChI is InChI=1S/C15H18N2O3/c16-7-8-20-13-5-3-12(4-6-13)17-14(18)10-1-2-11(9-10)15(17)19/h3-6,10-11H,1-2,7-9,16H2. The molecule has 2 fully saturated rings. The van der Waals surface area contributed by atoms with Crippen LogP contribution in [0, 0.1) is 11.8 Å². The van der Waals surface area contributed by atoms with Gasteiger partial charge in [-0.1, -0.05) is 0 Å². The number of nitrogens with zero attached hydrogens (tertiary/aromatic N) is 1. The quantitative estimate of drug-likeness (QED) is 0.840. The summed E-state index contributed by atoms with van der Waals surface area (Å²) in [5.41, 5.74) is 6.01. The van der Waals surface area contributed by atoms with Crippen LogP contribution in [-0.2, 0) is 9.59 Å². The van der Waals surface area contributed by atoms with E-state index in [4.69, 9.17) is 10.5 Å². The Kier molecular flexibility index (Phi) is 3.44. The molecular formula is C15H18N2O3. The molecule has 1 saturated heterocycles. The van der Waals surface area contributed by atoms with E-state index in [9.17, 15) is 9.59 Å². The van der Waals surface area contributed by atoms with E-state index in [0.29, 0.717) is 24.6 Å². The lowest BCUT2D eigenvalue weighted by atomic mass is 9.96. The summed E-state index contributed by atoms with van der Waals surface area (Å²) in [5, 5.41) is 0. The summed E-state index contributed by atoms with van der Waals surface area (Å²) in [6.07, 6.45) is 2.40. The van der Waals surface area contributed by atoms with Gasteiger partial charge in [-0.05, 0) is 43.5 Å². The summed E-state index contributed by atoms with van der Waals surface area (Å²) in [4.78, 5) is 26.0. The summed E-state index contributed by atoms with van der Waals surface area (Å²) >= 11 is 0. The number of fused-ring (bicyclic) bond motifs is 2. The zero-order valence-electron chi connectivity index (χ0n) is 11.2. The second-order valence-electron chi connectivity index (χ2n) is 5.35. The smallest absolute Gasteiger partial charge is 0.236 e. The van der Waals surface area contributed by atoms with Gasteiger partial charge in [0.2, 0.25) is 11.8 Å². The fourth-order valence-electron chi connectivity index (χ4n) is 3.03. The fraction of sp³-hybridized carbons (Fsp3) is 0.467. The van der Waals surface area contributed by atoms with Crippen molar-refractivity contribution >= 4 is 17.5 Å². The highest BCUT2D eigenvalue weighted by molar-refractivity contribution is 6.18. The summed E-state index contributed by atoms with van der Waals surface area (Å²) < 4.78 is 5.39. The van der Waals surface area contributed by atoms with Gasteiger partial charge in [0, 0.05) is 18.4 Å². The molecule has 5 nitrogen and oxygen atoms in total. The first-order valence-corrected chi connectivity index (χ1v) is 7.01. The minimum absolute atomic E-state index is 0.0193. The lowest BCUT2D eigenvalue weighted by Gasteiger charge is -2.29. The van der Waals surface area contributed by atoms with Crippen molar-refractivity contribution in [3.8, 4) is 5.75 Å². The summed E-state index contributed by atoms with van der Waals surface area (Å²) in [5.74, 6) is 0.620. The van der Waals surface area contributed by atoms with Crippen molar-refractivity contribution in [2.45, 2.75) is 19.3 Å². The Morgan fingerprint density at radius 2 is 1.70 bits per heavy atom. The topological polar surface area (TPSA) is 72.6 Å². The second-order valence-corrected chi connectivity index (χ2v) is 5.35. The van der Waals surface area contributed by atoms with E-state index >= 15 is 0 Å². The van der Waals surface area contributed by atoms with Crippen LogP contribution in [0.5, 0.6) is 5.75 Å². The number of benzene rings is 1. The van der Waals surface area contributed by atoms with Gasteiger partial charge in [0.25, 0.3) is 0 Å². The van der Waals surface area contributed by atoms with Crippen LogP contribution in [0.1, 0.15) is 19.3 Å². The molecule has 1 aliphatic heterocycles. The predicted molar refractivity (Wildman–Crippen MR) is 74.3 cm³/mol. The molecule has 2 amide bonds. The molecule has 1 heterocycles. The number of hydrogen-bond acceptors (Lipinski definition) is 4. The number of rotatable bonds is 4. The van der Waals surface area contributed by atoms with Crippen LogP contribution in [0.15, 0.2) is 24.3 Å². The monoisotopic (exact) mass is 274 g/mol. The minimum Gasteiger partial charge on any atom is -0.492 e. The molecule has 0 spiro atoms. The van der Waals surface area contributed by atoms with E-state index in [0.717, 1.165) is 19.3 Å². The molecule has 0 radical (unpaired) electrons. The Bertz CT molecular complexity index is 504. The number of carbonyl (C=O) groups excluding carboxylic acids is 2. The van der Waals surface area contributed by atoms with Gasteiger partial charge in [-0.3, -0.25) is 14.5 Å². The maximum Gasteiger partial charge on any atom is 0.236 e. The Morgan fingerprint density at radius 1 is 1.10 bits per heavy atom. The van der Waals surface area contributed by atoms with Crippen LogP contribution >= 0.6 is 0 Å². The van der Waals surface area contributed by atoms with Crippen molar-refractivity contribution in [2.75, 3.05) is 18.1 Å². The number of ether oxygens (including phenoxy) is 1. The molecule has 1 aliphatic carbocycles. The Labute approximate surface area is 117 Å². The second kappa shape index (κ2) is 5.25. The van der Waals surface area contributed by atoms with Crippen LogP contribution in [0.3, 0.4) is 0 Å². The van der Waals surface area contributed by atoms with Crippen LogP contribution in [0.4, 0.5) is 5.69 Å². The zero-order valence-corrected chi connectivity index (χ0v) is 11.2. The highest BCUT2D eigenvalue weighted by Gasteiger charge is 2.45. The maximum absolute atomic E-state index is 12.3.